The van der Waals surface area contributed by atoms with Crippen LogP contribution in [0, 0.1) is 24.6 Å². The second kappa shape index (κ2) is 17.1. The number of carbonyl (C=O) groups excluding carboxylic acids is 4. The van der Waals surface area contributed by atoms with E-state index in [4.69, 9.17) is 0 Å². The molecule has 4 N–H and O–H groups in total. The summed E-state index contributed by atoms with van der Waals surface area (Å²) in [5, 5.41) is 15.4. The summed E-state index contributed by atoms with van der Waals surface area (Å²) in [6, 6.07) is 14.6. The van der Waals surface area contributed by atoms with Crippen molar-refractivity contribution in [3.63, 3.8) is 0 Å². The van der Waals surface area contributed by atoms with E-state index in [1.54, 1.807) is 53.3 Å². The molecule has 0 radical (unpaired) electrons. The smallest absolute Gasteiger partial charge is 0.383 e. The molecule has 1 unspecified atom stereocenters. The summed E-state index contributed by atoms with van der Waals surface area (Å²) < 4.78 is 59.5. The summed E-state index contributed by atoms with van der Waals surface area (Å²) in [5.74, 6) is 3.35. The molecule has 0 spiro atoms. The maximum atomic E-state index is 15.2. The number of fused-ring (bicyclic) bond motifs is 2. The quantitative estimate of drug-likeness (QED) is 0.0638. The lowest BCUT2D eigenvalue weighted by Crippen LogP contribution is -2.52. The van der Waals surface area contributed by atoms with Gasteiger partial charge >= 0.3 is 6.18 Å². The fraction of sp³-hybridized carbons (Fsp3) is 0.318. The third-order valence-electron chi connectivity index (χ3n) is 11.2. The van der Waals surface area contributed by atoms with Gasteiger partial charge in [-0.05, 0) is 110 Å². The van der Waals surface area contributed by atoms with E-state index in [1.165, 1.54) is 23.1 Å². The number of hydrogen-bond acceptors (Lipinski definition) is 9. The molecule has 3 aliphatic rings. The van der Waals surface area contributed by atoms with Crippen LogP contribution in [0.1, 0.15) is 79.9 Å². The van der Waals surface area contributed by atoms with Gasteiger partial charge in [0.05, 0.1) is 17.3 Å². The minimum atomic E-state index is -4.69. The summed E-state index contributed by atoms with van der Waals surface area (Å²) in [6.45, 7) is 4.42. The number of imidazole rings is 1. The average molecular weight is 836 g/mol. The lowest BCUT2D eigenvalue weighted by molar-refractivity contribution is -0.138. The van der Waals surface area contributed by atoms with Crippen molar-refractivity contribution in [2.24, 2.45) is 0 Å². The first-order valence-electron chi connectivity index (χ1n) is 19.9. The standard InChI is InChI=1S/C44H41F4N9O4/c1-26-4-5-29(21-28(26)6-8-33-23-51-38-3-2-14-52-57(33)38)41(59)53-32-7-9-36(34(22-32)44(46,47)48)50-16-15-49-31-12-17-55(18-13-31)24-27-19-30-25-56(43(61)40(30)35(45)20-27)37-10-11-39(58)54-42(37)60/h2-5,7,9,14,19-23,31,37,49-50H,10-13,15-18,24-25H2,1H3,(H,53,59)(H,54,58,60). The zero-order valence-corrected chi connectivity index (χ0v) is 33.0. The normalized spacial score (nSPS) is 17.2. The molecular weight excluding hydrogens is 795 g/mol. The molecule has 4 amide bonds. The van der Waals surface area contributed by atoms with Crippen LogP contribution in [0.15, 0.2) is 73.1 Å². The number of alkyl halides is 3. The number of piperidine rings is 2. The van der Waals surface area contributed by atoms with Gasteiger partial charge in [-0.1, -0.05) is 18.1 Å². The fourth-order valence-electron chi connectivity index (χ4n) is 8.00. The van der Waals surface area contributed by atoms with E-state index < -0.39 is 47.2 Å². The number of amides is 4. The van der Waals surface area contributed by atoms with Crippen LogP contribution in [0.25, 0.3) is 5.65 Å². The summed E-state index contributed by atoms with van der Waals surface area (Å²) in [4.78, 5) is 58.0. The van der Waals surface area contributed by atoms with E-state index in [9.17, 15) is 32.3 Å². The highest BCUT2D eigenvalue weighted by atomic mass is 19.4. The maximum Gasteiger partial charge on any atom is 0.418 e. The Labute approximate surface area is 347 Å². The van der Waals surface area contributed by atoms with E-state index in [1.807, 2.05) is 6.92 Å². The first kappa shape index (κ1) is 41.1. The molecule has 3 aromatic carbocycles. The number of benzene rings is 3. The molecule has 17 heteroatoms. The first-order valence-corrected chi connectivity index (χ1v) is 19.9. The number of halogens is 4. The molecule has 2 fully saturated rings. The molecule has 8 rings (SSSR count). The topological polar surface area (TPSA) is 153 Å². The van der Waals surface area contributed by atoms with Crippen molar-refractivity contribution in [1.29, 1.82) is 0 Å². The van der Waals surface area contributed by atoms with Crippen LogP contribution >= 0.6 is 0 Å². The van der Waals surface area contributed by atoms with Crippen LogP contribution in [0.3, 0.4) is 0 Å². The first-order chi connectivity index (χ1) is 29.3. The maximum absolute atomic E-state index is 15.2. The largest absolute Gasteiger partial charge is 0.418 e. The summed E-state index contributed by atoms with van der Waals surface area (Å²) >= 11 is 0. The molecule has 3 aliphatic heterocycles. The van der Waals surface area contributed by atoms with Gasteiger partial charge in [0.25, 0.3) is 11.8 Å². The lowest BCUT2D eigenvalue weighted by atomic mass is 10.0. The van der Waals surface area contributed by atoms with Gasteiger partial charge in [-0.15, -0.1) is 0 Å². The Kier molecular flexibility index (Phi) is 11.6. The second-order valence-corrected chi connectivity index (χ2v) is 15.4. The van der Waals surface area contributed by atoms with Crippen LogP contribution in [0.5, 0.6) is 0 Å². The highest BCUT2D eigenvalue weighted by Crippen LogP contribution is 2.37. The fourth-order valence-corrected chi connectivity index (χ4v) is 8.00. The third-order valence-corrected chi connectivity index (χ3v) is 11.2. The van der Waals surface area contributed by atoms with Crippen LogP contribution in [0.2, 0.25) is 0 Å². The van der Waals surface area contributed by atoms with Gasteiger partial charge in [-0.3, -0.25) is 29.4 Å². The van der Waals surface area contributed by atoms with Crippen LogP contribution in [-0.4, -0.2) is 86.3 Å². The van der Waals surface area contributed by atoms with Crippen molar-refractivity contribution < 1.29 is 36.7 Å². The Hall–Kier alpha value is -6.64. The molecule has 5 aromatic rings. The number of anilines is 2. The van der Waals surface area contributed by atoms with Crippen molar-refractivity contribution in [2.45, 2.75) is 64.0 Å². The van der Waals surface area contributed by atoms with E-state index in [0.29, 0.717) is 54.2 Å². The predicted molar refractivity (Wildman–Crippen MR) is 217 cm³/mol. The van der Waals surface area contributed by atoms with Gasteiger partial charge in [-0.2, -0.15) is 18.3 Å². The van der Waals surface area contributed by atoms with Crippen LogP contribution in [-0.2, 0) is 28.9 Å². The molecule has 0 bridgehead atoms. The van der Waals surface area contributed by atoms with Gasteiger partial charge in [0.1, 0.15) is 17.6 Å². The zero-order chi connectivity index (χ0) is 42.8. The number of aromatic nitrogens is 3. The highest BCUT2D eigenvalue weighted by Gasteiger charge is 2.41. The van der Waals surface area contributed by atoms with Crippen LogP contribution < -0.4 is 21.3 Å². The third kappa shape index (κ3) is 9.10. The Morgan fingerprint density at radius 1 is 0.984 bits per heavy atom. The van der Waals surface area contributed by atoms with Crippen molar-refractivity contribution in [3.05, 3.63) is 124 Å². The summed E-state index contributed by atoms with van der Waals surface area (Å²) in [6.07, 6.45) is 0.376. The van der Waals surface area contributed by atoms with E-state index in [-0.39, 0.29) is 54.5 Å². The molecule has 13 nitrogen and oxygen atoms in total. The summed E-state index contributed by atoms with van der Waals surface area (Å²) in [7, 11) is 0. The van der Waals surface area contributed by atoms with Gasteiger partial charge in [0.15, 0.2) is 5.65 Å². The molecule has 5 heterocycles. The van der Waals surface area contributed by atoms with Crippen molar-refractivity contribution >= 4 is 40.7 Å². The number of carbonyl (C=O) groups is 4. The number of aryl methyl sites for hydroxylation is 1. The molecule has 314 valence electrons. The predicted octanol–water partition coefficient (Wildman–Crippen LogP) is 5.27. The van der Waals surface area contributed by atoms with Crippen molar-refractivity contribution in [3.8, 4) is 11.8 Å². The van der Waals surface area contributed by atoms with E-state index in [2.05, 4.69) is 48.1 Å². The highest BCUT2D eigenvalue weighted by molar-refractivity contribution is 6.06. The van der Waals surface area contributed by atoms with Gasteiger partial charge in [-0.25, -0.2) is 13.9 Å². The lowest BCUT2D eigenvalue weighted by Gasteiger charge is -2.32. The van der Waals surface area contributed by atoms with Gasteiger partial charge in [0.2, 0.25) is 11.8 Å². The average Bonchev–Trinajstić information content (AvgIpc) is 3.80. The summed E-state index contributed by atoms with van der Waals surface area (Å²) in [5.41, 5.74) is 2.96. The number of likely N-dealkylation sites (tertiary alicyclic amines) is 1. The Morgan fingerprint density at radius 2 is 1.80 bits per heavy atom. The van der Waals surface area contributed by atoms with Gasteiger partial charge in [0, 0.05) is 67.3 Å². The van der Waals surface area contributed by atoms with E-state index >= 15 is 4.39 Å². The Morgan fingerprint density at radius 3 is 2.59 bits per heavy atom. The molecule has 2 aromatic heterocycles. The number of nitrogens with one attached hydrogen (secondary N) is 4. The minimum Gasteiger partial charge on any atom is -0.383 e. The van der Waals surface area contributed by atoms with Gasteiger partial charge < -0.3 is 20.9 Å². The molecule has 0 aliphatic carbocycles. The number of rotatable bonds is 10. The van der Waals surface area contributed by atoms with Crippen molar-refractivity contribution in [2.75, 3.05) is 36.8 Å². The SMILES string of the molecule is Cc1ccc(C(=O)Nc2ccc(NCCNC3CCN(Cc4cc(F)c5c(c4)CN(C4CCC(=O)NC4=O)C5=O)CC3)c(C(F)(F)F)c2)cc1C#Cc1cnc2cccnn12. The molecular formula is C44H41F4N9O4. The molecule has 2 saturated heterocycles. The molecule has 61 heavy (non-hydrogen) atoms. The Bertz CT molecular complexity index is 2610. The molecule has 0 saturated carbocycles. The monoisotopic (exact) mass is 835 g/mol. The van der Waals surface area contributed by atoms with Crippen LogP contribution in [0.4, 0.5) is 28.9 Å². The zero-order valence-electron chi connectivity index (χ0n) is 33.0. The number of hydrogen-bond donors (Lipinski definition) is 4. The number of nitrogens with zero attached hydrogens (tertiary/aromatic N) is 5. The Balaban J connectivity index is 0.816. The minimum absolute atomic E-state index is 0.0110. The number of imide groups is 1. The van der Waals surface area contributed by atoms with Crippen molar-refractivity contribution in [1.82, 2.24) is 35.0 Å². The molecule has 1 atom stereocenters. The van der Waals surface area contributed by atoms with E-state index in [0.717, 1.165) is 24.5 Å². The second-order valence-electron chi connectivity index (χ2n) is 15.4.